The number of carbonyl (C=O) groups is 2. The van der Waals surface area contributed by atoms with E-state index in [0.717, 1.165) is 42.9 Å². The average molecular weight is 507 g/mol. The monoisotopic (exact) mass is 506 g/mol. The third kappa shape index (κ3) is 4.96. The van der Waals surface area contributed by atoms with Crippen molar-refractivity contribution < 1.29 is 19.5 Å². The molecule has 6 heteroatoms. The van der Waals surface area contributed by atoms with Crippen LogP contribution >= 0.6 is 0 Å². The topological polar surface area (TPSA) is 88.0 Å². The van der Waals surface area contributed by atoms with Crippen LogP contribution in [-0.2, 0) is 20.8 Å². The Morgan fingerprint density at radius 2 is 1.84 bits per heavy atom. The first kappa shape index (κ1) is 26.0. The molecule has 4 aliphatic carbocycles. The van der Waals surface area contributed by atoms with Gasteiger partial charge >= 0.3 is 0 Å². The number of nitrogens with zero attached hydrogens (tertiary/aromatic N) is 1. The van der Waals surface area contributed by atoms with E-state index in [4.69, 9.17) is 4.84 Å². The van der Waals surface area contributed by atoms with Gasteiger partial charge in [0.05, 0.1) is 5.71 Å². The molecule has 0 aliphatic heterocycles. The second kappa shape index (κ2) is 10.3. The summed E-state index contributed by atoms with van der Waals surface area (Å²) in [4.78, 5) is 30.0. The molecule has 6 nitrogen and oxygen atoms in total. The molecule has 1 aromatic rings. The summed E-state index contributed by atoms with van der Waals surface area (Å²) in [6, 6.07) is 7.00. The van der Waals surface area contributed by atoms with Crippen molar-refractivity contribution in [2.24, 2.45) is 39.7 Å². The zero-order valence-electron chi connectivity index (χ0n) is 22.6. The molecule has 1 aromatic carbocycles. The Morgan fingerprint density at radius 1 is 1.05 bits per heavy atom. The highest BCUT2D eigenvalue weighted by atomic mass is 16.6. The molecule has 37 heavy (non-hydrogen) atoms. The van der Waals surface area contributed by atoms with Gasteiger partial charge in [-0.25, -0.2) is 0 Å². The largest absolute Gasteiger partial charge is 0.508 e. The highest BCUT2D eigenvalue weighted by Gasteiger charge is 2.59. The summed E-state index contributed by atoms with van der Waals surface area (Å²) in [5.74, 6) is 2.83. The Bertz CT molecular complexity index is 1090. The SMILES string of the molecule is CC(=O)[C@H]1CC[C@H]2[C@@H]3CCC4=CC(=NOCC(=O)NCCc5ccc(O)cc5)CC[C@]4(C)[C@H]3CC[C@]12C. The van der Waals surface area contributed by atoms with E-state index >= 15 is 0 Å². The zero-order valence-corrected chi connectivity index (χ0v) is 22.6. The number of oxime groups is 1. The molecular formula is C31H42N2O4. The maximum Gasteiger partial charge on any atom is 0.260 e. The van der Waals surface area contributed by atoms with Crippen molar-refractivity contribution in [3.05, 3.63) is 41.5 Å². The lowest BCUT2D eigenvalue weighted by Gasteiger charge is -2.58. The number of aromatic hydroxyl groups is 1. The number of nitrogens with one attached hydrogen (secondary N) is 1. The molecule has 3 saturated carbocycles. The van der Waals surface area contributed by atoms with Crippen molar-refractivity contribution >= 4 is 17.4 Å². The lowest BCUT2D eigenvalue weighted by atomic mass is 9.46. The molecule has 0 bridgehead atoms. The highest BCUT2D eigenvalue weighted by molar-refractivity contribution is 5.96. The standard InChI is InChI=1S/C31H42N2O4/c1-20(34)26-10-11-27-25-9-6-22-18-23(12-15-30(22,2)28(25)13-16-31(26,27)3)33-37-19-29(36)32-17-14-21-4-7-24(35)8-5-21/h4-5,7-8,18,25-28,35H,6,9-17,19H2,1-3H3,(H,32,36)/t25-,26+,27-,28-,30-,31+/m0/s1. The molecule has 3 fully saturated rings. The first-order chi connectivity index (χ1) is 17.7. The third-order valence-corrected chi connectivity index (χ3v) is 10.5. The van der Waals surface area contributed by atoms with Crippen molar-refractivity contribution in [1.29, 1.82) is 0 Å². The van der Waals surface area contributed by atoms with Crippen molar-refractivity contribution in [2.45, 2.75) is 78.6 Å². The number of fused-ring (bicyclic) bond motifs is 5. The van der Waals surface area contributed by atoms with Crippen LogP contribution in [0.3, 0.4) is 0 Å². The summed E-state index contributed by atoms with van der Waals surface area (Å²) in [5, 5.41) is 16.6. The van der Waals surface area contributed by atoms with Crippen molar-refractivity contribution in [1.82, 2.24) is 5.32 Å². The molecule has 0 radical (unpaired) electrons. The van der Waals surface area contributed by atoms with Gasteiger partial charge in [-0.1, -0.05) is 36.7 Å². The molecule has 4 aliphatic rings. The van der Waals surface area contributed by atoms with Gasteiger partial charge in [0.25, 0.3) is 5.91 Å². The van der Waals surface area contributed by atoms with E-state index < -0.39 is 0 Å². The number of carbonyl (C=O) groups excluding carboxylic acids is 2. The van der Waals surface area contributed by atoms with Crippen molar-refractivity contribution in [3.63, 3.8) is 0 Å². The Hall–Kier alpha value is -2.63. The van der Waals surface area contributed by atoms with Gasteiger partial charge in [0.2, 0.25) is 0 Å². The smallest absolute Gasteiger partial charge is 0.260 e. The Kier molecular flexibility index (Phi) is 7.21. The predicted octanol–water partition coefficient (Wildman–Crippen LogP) is 5.59. The predicted molar refractivity (Wildman–Crippen MR) is 144 cm³/mol. The molecule has 1 amide bonds. The van der Waals surface area contributed by atoms with Gasteiger partial charge in [0.1, 0.15) is 11.5 Å². The number of benzene rings is 1. The normalized spacial score (nSPS) is 35.6. The van der Waals surface area contributed by atoms with Crippen LogP contribution < -0.4 is 5.32 Å². The minimum absolute atomic E-state index is 0.0816. The number of ketones is 1. The van der Waals surface area contributed by atoms with Crippen LogP contribution in [0.25, 0.3) is 0 Å². The molecule has 6 atom stereocenters. The number of Topliss-reactive ketones (excluding diaryl/α,β-unsaturated/α-hetero) is 1. The van der Waals surface area contributed by atoms with Crippen LogP contribution in [0.2, 0.25) is 0 Å². The molecule has 0 heterocycles. The molecule has 200 valence electrons. The number of hydrogen-bond donors (Lipinski definition) is 2. The second-order valence-electron chi connectivity index (χ2n) is 12.4. The van der Waals surface area contributed by atoms with Crippen LogP contribution in [0.5, 0.6) is 5.75 Å². The quantitative estimate of drug-likeness (QED) is 0.472. The van der Waals surface area contributed by atoms with Crippen LogP contribution in [0.4, 0.5) is 0 Å². The highest BCUT2D eigenvalue weighted by Crippen LogP contribution is 2.66. The lowest BCUT2D eigenvalue weighted by Crippen LogP contribution is -2.51. The summed E-state index contributed by atoms with van der Waals surface area (Å²) < 4.78 is 0. The summed E-state index contributed by atoms with van der Waals surface area (Å²) in [6.45, 7) is 7.12. The number of phenols is 1. The van der Waals surface area contributed by atoms with Gasteiger partial charge in [-0.2, -0.15) is 0 Å². The second-order valence-corrected chi connectivity index (χ2v) is 12.4. The van der Waals surface area contributed by atoms with Crippen molar-refractivity contribution in [2.75, 3.05) is 13.2 Å². The molecule has 5 rings (SSSR count). The molecule has 0 saturated heterocycles. The zero-order chi connectivity index (χ0) is 26.2. The Balaban J connectivity index is 1.15. The fourth-order valence-corrected chi connectivity index (χ4v) is 8.54. The minimum atomic E-state index is -0.178. The van der Waals surface area contributed by atoms with E-state index in [-0.39, 0.29) is 35.0 Å². The number of amides is 1. The van der Waals surface area contributed by atoms with E-state index in [1.54, 1.807) is 19.1 Å². The Labute approximate surface area is 220 Å². The van der Waals surface area contributed by atoms with E-state index in [9.17, 15) is 14.7 Å². The molecule has 0 unspecified atom stereocenters. The van der Waals surface area contributed by atoms with Gasteiger partial charge < -0.3 is 15.3 Å². The number of allylic oxidation sites excluding steroid dienone is 2. The van der Waals surface area contributed by atoms with E-state index in [2.05, 4.69) is 30.4 Å². The third-order valence-electron chi connectivity index (χ3n) is 10.5. The van der Waals surface area contributed by atoms with Gasteiger partial charge in [0, 0.05) is 12.5 Å². The van der Waals surface area contributed by atoms with Crippen LogP contribution in [-0.4, -0.2) is 35.7 Å². The van der Waals surface area contributed by atoms with Crippen LogP contribution in [0.1, 0.15) is 77.7 Å². The van der Waals surface area contributed by atoms with Gasteiger partial charge in [-0.15, -0.1) is 0 Å². The fraction of sp³-hybridized carbons (Fsp3) is 0.645. The number of phenolic OH excluding ortho intramolecular Hbond substituents is 1. The molecule has 2 N–H and O–H groups in total. The number of hydrogen-bond acceptors (Lipinski definition) is 5. The summed E-state index contributed by atoms with van der Waals surface area (Å²) in [7, 11) is 0. The van der Waals surface area contributed by atoms with Gasteiger partial charge in [0.15, 0.2) is 6.61 Å². The maximum atomic E-state index is 12.4. The first-order valence-electron chi connectivity index (χ1n) is 14.2. The first-order valence-corrected chi connectivity index (χ1v) is 14.2. The lowest BCUT2D eigenvalue weighted by molar-refractivity contribution is -0.128. The van der Waals surface area contributed by atoms with E-state index in [1.807, 2.05) is 12.1 Å². The van der Waals surface area contributed by atoms with Gasteiger partial charge in [-0.05, 0) is 117 Å². The summed E-state index contributed by atoms with van der Waals surface area (Å²) >= 11 is 0. The minimum Gasteiger partial charge on any atom is -0.508 e. The average Bonchev–Trinajstić information content (AvgIpc) is 3.23. The molecular weight excluding hydrogens is 464 g/mol. The van der Waals surface area contributed by atoms with Crippen molar-refractivity contribution in [3.8, 4) is 5.75 Å². The maximum absolute atomic E-state index is 12.4. The summed E-state index contributed by atoms with van der Waals surface area (Å²) in [5.41, 5.74) is 3.92. The number of rotatable bonds is 7. The molecule has 0 spiro atoms. The van der Waals surface area contributed by atoms with Crippen LogP contribution in [0, 0.1) is 34.5 Å². The molecule has 0 aromatic heterocycles. The fourth-order valence-electron chi connectivity index (χ4n) is 8.54. The van der Waals surface area contributed by atoms with Crippen LogP contribution in [0.15, 0.2) is 41.1 Å². The van der Waals surface area contributed by atoms with E-state index in [0.29, 0.717) is 30.6 Å². The Morgan fingerprint density at radius 3 is 2.59 bits per heavy atom. The van der Waals surface area contributed by atoms with E-state index in [1.165, 1.54) is 31.3 Å². The van der Waals surface area contributed by atoms with Gasteiger partial charge in [-0.3, -0.25) is 9.59 Å². The summed E-state index contributed by atoms with van der Waals surface area (Å²) in [6.07, 6.45) is 11.9.